The van der Waals surface area contributed by atoms with Crippen LogP contribution in [0.3, 0.4) is 0 Å². The van der Waals surface area contributed by atoms with Crippen LogP contribution in [0.5, 0.6) is 5.88 Å². The molecule has 116 valence electrons. The van der Waals surface area contributed by atoms with Gasteiger partial charge in [-0.2, -0.15) is 5.26 Å². The first-order valence-electron chi connectivity index (χ1n) is 7.27. The van der Waals surface area contributed by atoms with Crippen molar-refractivity contribution in [2.45, 2.75) is 12.5 Å². The number of hydrogen-bond acceptors (Lipinski definition) is 5. The van der Waals surface area contributed by atoms with Gasteiger partial charge in [-0.25, -0.2) is 4.98 Å². The largest absolute Gasteiger partial charge is 0.472 e. The molecule has 1 amide bonds. The van der Waals surface area contributed by atoms with Gasteiger partial charge < -0.3 is 14.8 Å². The van der Waals surface area contributed by atoms with Crippen LogP contribution in [0.25, 0.3) is 0 Å². The SMILES string of the molecule is N#Cc1ccccc1NC(=O)c1ccc(OC2CCOC2)nc1. The summed E-state index contributed by atoms with van der Waals surface area (Å²) >= 11 is 0. The number of nitrogens with zero attached hydrogens (tertiary/aromatic N) is 2. The van der Waals surface area contributed by atoms with Crippen LogP contribution in [-0.2, 0) is 4.74 Å². The van der Waals surface area contributed by atoms with Crippen molar-refractivity contribution in [2.24, 2.45) is 0 Å². The summed E-state index contributed by atoms with van der Waals surface area (Å²) in [5.74, 6) is 0.144. The maximum atomic E-state index is 12.2. The van der Waals surface area contributed by atoms with Gasteiger partial charge in [-0.3, -0.25) is 4.79 Å². The van der Waals surface area contributed by atoms with Crippen LogP contribution in [-0.4, -0.2) is 30.2 Å². The van der Waals surface area contributed by atoms with Crippen molar-refractivity contribution in [3.63, 3.8) is 0 Å². The Balaban J connectivity index is 1.66. The molecule has 0 aliphatic carbocycles. The number of nitrogens with one attached hydrogen (secondary N) is 1. The smallest absolute Gasteiger partial charge is 0.257 e. The Morgan fingerprint density at radius 2 is 2.22 bits per heavy atom. The van der Waals surface area contributed by atoms with Crippen molar-refractivity contribution in [1.29, 1.82) is 5.26 Å². The monoisotopic (exact) mass is 309 g/mol. The molecule has 0 bridgehead atoms. The molecule has 1 fully saturated rings. The molecule has 1 aliphatic heterocycles. The molecule has 0 spiro atoms. The Labute approximate surface area is 133 Å². The van der Waals surface area contributed by atoms with Gasteiger partial charge >= 0.3 is 0 Å². The predicted molar refractivity (Wildman–Crippen MR) is 83.2 cm³/mol. The molecular weight excluding hydrogens is 294 g/mol. The highest BCUT2D eigenvalue weighted by Crippen LogP contribution is 2.17. The lowest BCUT2D eigenvalue weighted by Gasteiger charge is -2.11. The van der Waals surface area contributed by atoms with Gasteiger partial charge in [0.05, 0.1) is 30.0 Å². The van der Waals surface area contributed by atoms with E-state index in [-0.39, 0.29) is 12.0 Å². The fourth-order valence-electron chi connectivity index (χ4n) is 2.25. The van der Waals surface area contributed by atoms with Crippen LogP contribution in [0.2, 0.25) is 0 Å². The number of rotatable bonds is 4. The average Bonchev–Trinajstić information content (AvgIpc) is 3.09. The minimum Gasteiger partial charge on any atom is -0.472 e. The van der Waals surface area contributed by atoms with E-state index >= 15 is 0 Å². The molecule has 2 aromatic rings. The number of nitriles is 1. The van der Waals surface area contributed by atoms with Gasteiger partial charge in [0.25, 0.3) is 5.91 Å². The number of carbonyl (C=O) groups excluding carboxylic acids is 1. The van der Waals surface area contributed by atoms with Crippen LogP contribution in [0, 0.1) is 11.3 Å². The average molecular weight is 309 g/mol. The molecule has 1 aromatic heterocycles. The summed E-state index contributed by atoms with van der Waals surface area (Å²) in [7, 11) is 0. The zero-order valence-electron chi connectivity index (χ0n) is 12.4. The zero-order valence-corrected chi connectivity index (χ0v) is 12.4. The van der Waals surface area contributed by atoms with Gasteiger partial charge in [-0.1, -0.05) is 12.1 Å². The molecular formula is C17H15N3O3. The van der Waals surface area contributed by atoms with Crippen LogP contribution in [0.4, 0.5) is 5.69 Å². The standard InChI is InChI=1S/C17H15N3O3/c18-9-12-3-1-2-4-15(12)20-17(21)13-5-6-16(19-10-13)23-14-7-8-22-11-14/h1-6,10,14H,7-8,11H2,(H,20,21). The van der Waals surface area contributed by atoms with Crippen molar-refractivity contribution < 1.29 is 14.3 Å². The second kappa shape index (κ2) is 6.90. The zero-order chi connectivity index (χ0) is 16.1. The Kier molecular flexibility index (Phi) is 4.50. The molecule has 3 rings (SSSR count). The van der Waals surface area contributed by atoms with E-state index in [0.717, 1.165) is 6.42 Å². The van der Waals surface area contributed by atoms with Gasteiger partial charge in [-0.15, -0.1) is 0 Å². The normalized spacial score (nSPS) is 16.6. The first-order chi connectivity index (χ1) is 11.3. The quantitative estimate of drug-likeness (QED) is 0.937. The molecule has 6 heteroatoms. The molecule has 2 heterocycles. The Hall–Kier alpha value is -2.91. The number of benzene rings is 1. The molecule has 1 saturated heterocycles. The minimum absolute atomic E-state index is 0.0182. The van der Waals surface area contributed by atoms with Crippen molar-refractivity contribution in [3.05, 3.63) is 53.7 Å². The van der Waals surface area contributed by atoms with Gasteiger partial charge in [0.15, 0.2) is 0 Å². The van der Waals surface area contributed by atoms with E-state index in [1.165, 1.54) is 6.20 Å². The number of carbonyl (C=O) groups is 1. The second-order valence-corrected chi connectivity index (χ2v) is 5.10. The predicted octanol–water partition coefficient (Wildman–Crippen LogP) is 2.37. The van der Waals surface area contributed by atoms with Gasteiger partial charge in [0.2, 0.25) is 5.88 Å². The molecule has 1 unspecified atom stereocenters. The molecule has 6 nitrogen and oxygen atoms in total. The summed E-state index contributed by atoms with van der Waals surface area (Å²) in [5.41, 5.74) is 1.28. The highest BCUT2D eigenvalue weighted by Gasteiger charge is 2.18. The topological polar surface area (TPSA) is 84.2 Å². The number of aromatic nitrogens is 1. The maximum absolute atomic E-state index is 12.2. The number of para-hydroxylation sites is 1. The lowest BCUT2D eigenvalue weighted by molar-refractivity contribution is 0.102. The van der Waals surface area contributed by atoms with E-state index < -0.39 is 0 Å². The third kappa shape index (κ3) is 3.65. The Morgan fingerprint density at radius 3 is 2.91 bits per heavy atom. The van der Waals surface area contributed by atoms with Crippen molar-refractivity contribution in [3.8, 4) is 11.9 Å². The van der Waals surface area contributed by atoms with Gasteiger partial charge in [0.1, 0.15) is 12.2 Å². The molecule has 23 heavy (non-hydrogen) atoms. The van der Waals surface area contributed by atoms with E-state index in [9.17, 15) is 4.79 Å². The third-order valence-corrected chi connectivity index (χ3v) is 3.47. The lowest BCUT2D eigenvalue weighted by Crippen LogP contribution is -2.17. The van der Waals surface area contributed by atoms with Crippen molar-refractivity contribution in [1.82, 2.24) is 4.98 Å². The number of hydrogen-bond donors (Lipinski definition) is 1. The highest BCUT2D eigenvalue weighted by atomic mass is 16.5. The molecule has 1 N–H and O–H groups in total. The molecule has 0 saturated carbocycles. The summed E-state index contributed by atoms with van der Waals surface area (Å²) in [5, 5.41) is 11.7. The van der Waals surface area contributed by atoms with Crippen LogP contribution in [0.1, 0.15) is 22.3 Å². The van der Waals surface area contributed by atoms with Crippen LogP contribution >= 0.6 is 0 Å². The van der Waals surface area contributed by atoms with Gasteiger partial charge in [0, 0.05) is 18.7 Å². The van der Waals surface area contributed by atoms with E-state index in [1.807, 2.05) is 6.07 Å². The van der Waals surface area contributed by atoms with E-state index in [4.69, 9.17) is 14.7 Å². The minimum atomic E-state index is -0.323. The molecule has 1 aliphatic rings. The van der Waals surface area contributed by atoms with Crippen LogP contribution < -0.4 is 10.1 Å². The number of anilines is 1. The van der Waals surface area contributed by atoms with Crippen molar-refractivity contribution in [2.75, 3.05) is 18.5 Å². The summed E-state index contributed by atoms with van der Waals surface area (Å²) in [6, 6.07) is 12.2. The number of amides is 1. The summed E-state index contributed by atoms with van der Waals surface area (Å²) in [6.07, 6.45) is 2.31. The Bertz CT molecular complexity index is 731. The number of pyridine rings is 1. The molecule has 1 aromatic carbocycles. The fraction of sp³-hybridized carbons (Fsp3) is 0.235. The fourth-order valence-corrected chi connectivity index (χ4v) is 2.25. The molecule has 1 atom stereocenters. The van der Waals surface area contributed by atoms with Crippen molar-refractivity contribution >= 4 is 11.6 Å². The maximum Gasteiger partial charge on any atom is 0.257 e. The van der Waals surface area contributed by atoms with E-state index in [2.05, 4.69) is 10.3 Å². The second-order valence-electron chi connectivity index (χ2n) is 5.10. The molecule has 0 radical (unpaired) electrons. The van der Waals surface area contributed by atoms with Gasteiger partial charge in [-0.05, 0) is 18.2 Å². The highest BCUT2D eigenvalue weighted by molar-refractivity contribution is 6.04. The third-order valence-electron chi connectivity index (χ3n) is 3.47. The first kappa shape index (κ1) is 15.0. The lowest BCUT2D eigenvalue weighted by atomic mass is 10.2. The summed E-state index contributed by atoms with van der Waals surface area (Å²) in [4.78, 5) is 16.4. The first-order valence-corrected chi connectivity index (χ1v) is 7.27. The van der Waals surface area contributed by atoms with E-state index in [1.54, 1.807) is 36.4 Å². The number of ether oxygens (including phenoxy) is 2. The van der Waals surface area contributed by atoms with E-state index in [0.29, 0.717) is 35.9 Å². The van der Waals surface area contributed by atoms with Crippen LogP contribution in [0.15, 0.2) is 42.6 Å². The Morgan fingerprint density at radius 1 is 1.35 bits per heavy atom. The summed E-state index contributed by atoms with van der Waals surface area (Å²) in [6.45, 7) is 1.26. The summed E-state index contributed by atoms with van der Waals surface area (Å²) < 4.78 is 10.9.